The Morgan fingerprint density at radius 1 is 1.25 bits per heavy atom. The van der Waals surface area contributed by atoms with E-state index in [-0.39, 0.29) is 16.3 Å². The zero-order valence-electron chi connectivity index (χ0n) is 9.88. The second kappa shape index (κ2) is 6.02. The van der Waals surface area contributed by atoms with Crippen LogP contribution in [0.15, 0.2) is 46.2 Å². The lowest BCUT2D eigenvalue weighted by Crippen LogP contribution is -1.93. The van der Waals surface area contributed by atoms with Crippen molar-refractivity contribution in [3.05, 3.63) is 62.9 Å². The minimum atomic E-state index is -0.569. The van der Waals surface area contributed by atoms with Crippen molar-refractivity contribution < 1.29 is 14.1 Å². The molecule has 0 aliphatic carbocycles. The molecule has 0 spiro atoms. The Bertz CT molecular complexity index is 693. The molecule has 0 aromatic heterocycles. The third-order valence-corrected chi connectivity index (χ3v) is 3.78. The molecule has 0 saturated carbocycles. The van der Waals surface area contributed by atoms with E-state index in [4.69, 9.17) is 11.6 Å². The highest BCUT2D eigenvalue weighted by molar-refractivity contribution is 7.99. The largest absolute Gasteiger partial charge is 0.298 e. The van der Waals surface area contributed by atoms with Crippen LogP contribution in [0.25, 0.3) is 0 Å². The lowest BCUT2D eigenvalue weighted by atomic mass is 10.2. The van der Waals surface area contributed by atoms with Gasteiger partial charge in [0, 0.05) is 16.5 Å². The Morgan fingerprint density at radius 2 is 2.00 bits per heavy atom. The Kier molecular flexibility index (Phi) is 4.36. The Labute approximate surface area is 122 Å². The molecule has 0 heterocycles. The van der Waals surface area contributed by atoms with Gasteiger partial charge in [-0.05, 0) is 24.3 Å². The van der Waals surface area contributed by atoms with E-state index in [0.29, 0.717) is 16.1 Å². The second-order valence-corrected chi connectivity index (χ2v) is 5.30. The normalized spacial score (nSPS) is 10.3. The van der Waals surface area contributed by atoms with Crippen molar-refractivity contribution in [2.45, 2.75) is 9.79 Å². The number of rotatable bonds is 4. The molecule has 0 fully saturated rings. The highest BCUT2D eigenvalue weighted by atomic mass is 35.5. The van der Waals surface area contributed by atoms with Crippen LogP contribution in [0.4, 0.5) is 10.1 Å². The number of nitro benzene ring substituents is 1. The Morgan fingerprint density at radius 3 is 2.60 bits per heavy atom. The number of halogens is 2. The summed E-state index contributed by atoms with van der Waals surface area (Å²) in [6.07, 6.45) is 0.538. The molecule has 0 unspecified atom stereocenters. The fourth-order valence-electron chi connectivity index (χ4n) is 1.50. The van der Waals surface area contributed by atoms with Crippen LogP contribution >= 0.6 is 23.4 Å². The number of carbonyl (C=O) groups is 1. The van der Waals surface area contributed by atoms with Gasteiger partial charge in [0.1, 0.15) is 12.1 Å². The number of aldehydes is 1. The van der Waals surface area contributed by atoms with Crippen molar-refractivity contribution in [2.75, 3.05) is 0 Å². The molecule has 0 amide bonds. The molecule has 0 bridgehead atoms. The van der Waals surface area contributed by atoms with Crippen LogP contribution in [-0.2, 0) is 0 Å². The summed E-state index contributed by atoms with van der Waals surface area (Å²) in [5.74, 6) is -0.554. The molecule has 20 heavy (non-hydrogen) atoms. The van der Waals surface area contributed by atoms with Crippen molar-refractivity contribution in [1.82, 2.24) is 0 Å². The zero-order valence-corrected chi connectivity index (χ0v) is 11.5. The number of nitro groups is 1. The topological polar surface area (TPSA) is 60.2 Å². The van der Waals surface area contributed by atoms with Gasteiger partial charge in [-0.3, -0.25) is 14.9 Å². The fourth-order valence-corrected chi connectivity index (χ4v) is 2.69. The molecule has 0 aliphatic rings. The molecule has 102 valence electrons. The first-order valence-electron chi connectivity index (χ1n) is 5.38. The van der Waals surface area contributed by atoms with Gasteiger partial charge in [0.05, 0.1) is 14.8 Å². The van der Waals surface area contributed by atoms with E-state index in [9.17, 15) is 19.3 Å². The van der Waals surface area contributed by atoms with Gasteiger partial charge < -0.3 is 0 Å². The highest BCUT2D eigenvalue weighted by Gasteiger charge is 2.16. The van der Waals surface area contributed by atoms with E-state index in [0.717, 1.165) is 11.8 Å². The number of nitrogens with zero attached hydrogens (tertiary/aromatic N) is 1. The average Bonchev–Trinajstić information content (AvgIpc) is 2.43. The van der Waals surface area contributed by atoms with Gasteiger partial charge in [-0.2, -0.15) is 0 Å². The third-order valence-electron chi connectivity index (χ3n) is 2.43. The van der Waals surface area contributed by atoms with Gasteiger partial charge >= 0.3 is 0 Å². The Balaban J connectivity index is 2.39. The molecule has 0 atom stereocenters. The summed E-state index contributed by atoms with van der Waals surface area (Å²) in [5, 5.41) is 10.9. The molecule has 0 N–H and O–H groups in total. The van der Waals surface area contributed by atoms with Crippen molar-refractivity contribution in [3.63, 3.8) is 0 Å². The molecular weight excluding hydrogens is 305 g/mol. The van der Waals surface area contributed by atoms with Crippen molar-refractivity contribution in [3.8, 4) is 0 Å². The summed E-state index contributed by atoms with van der Waals surface area (Å²) in [7, 11) is 0. The maximum absolute atomic E-state index is 13.1. The molecule has 4 nitrogen and oxygen atoms in total. The van der Waals surface area contributed by atoms with Crippen LogP contribution in [0.3, 0.4) is 0 Å². The van der Waals surface area contributed by atoms with E-state index >= 15 is 0 Å². The lowest BCUT2D eigenvalue weighted by Gasteiger charge is -2.04. The van der Waals surface area contributed by atoms with E-state index in [1.807, 2.05) is 0 Å². The molecular formula is C13H7ClFNO3S. The maximum Gasteiger partial charge on any atom is 0.283 e. The van der Waals surface area contributed by atoms with Crippen LogP contribution in [0.5, 0.6) is 0 Å². The summed E-state index contributed by atoms with van der Waals surface area (Å²) in [5.41, 5.74) is 0.0400. The van der Waals surface area contributed by atoms with Crippen molar-refractivity contribution in [1.29, 1.82) is 0 Å². The minimum absolute atomic E-state index is 0.0536. The van der Waals surface area contributed by atoms with E-state index in [2.05, 4.69) is 0 Å². The standard InChI is InChI=1S/C13H7ClFNO3S/c14-10-6-9(2-3-11(10)15)20-13-4-1-8(7-17)5-12(13)16(18)19/h1-7H. The van der Waals surface area contributed by atoms with Gasteiger partial charge in [-0.25, -0.2) is 4.39 Å². The summed E-state index contributed by atoms with van der Waals surface area (Å²) in [6, 6.07) is 8.20. The summed E-state index contributed by atoms with van der Waals surface area (Å²) >= 11 is 6.74. The van der Waals surface area contributed by atoms with Gasteiger partial charge in [0.2, 0.25) is 0 Å². The monoisotopic (exact) mass is 311 g/mol. The summed E-state index contributed by atoms with van der Waals surface area (Å²) in [4.78, 5) is 22.0. The van der Waals surface area contributed by atoms with Crippen LogP contribution < -0.4 is 0 Å². The molecule has 0 saturated heterocycles. The predicted molar refractivity (Wildman–Crippen MR) is 74.0 cm³/mol. The fraction of sp³-hybridized carbons (Fsp3) is 0. The second-order valence-electron chi connectivity index (χ2n) is 3.78. The third kappa shape index (κ3) is 3.15. The summed E-state index contributed by atoms with van der Waals surface area (Å²) in [6.45, 7) is 0. The van der Waals surface area contributed by atoms with E-state index < -0.39 is 10.7 Å². The maximum atomic E-state index is 13.1. The van der Waals surface area contributed by atoms with Gasteiger partial charge in [0.15, 0.2) is 0 Å². The van der Waals surface area contributed by atoms with Crippen LogP contribution in [0, 0.1) is 15.9 Å². The van der Waals surface area contributed by atoms with Gasteiger partial charge in [-0.15, -0.1) is 0 Å². The molecule has 7 heteroatoms. The first-order chi connectivity index (χ1) is 9.51. The summed E-state index contributed by atoms with van der Waals surface area (Å²) < 4.78 is 13.1. The molecule has 2 aromatic carbocycles. The van der Waals surface area contributed by atoms with Crippen LogP contribution in [0.2, 0.25) is 5.02 Å². The molecule has 2 rings (SSSR count). The van der Waals surface area contributed by atoms with Crippen molar-refractivity contribution >= 4 is 35.3 Å². The van der Waals surface area contributed by atoms with Gasteiger partial charge in [0.25, 0.3) is 5.69 Å². The predicted octanol–water partition coefficient (Wildman–Crippen LogP) is 4.35. The zero-order chi connectivity index (χ0) is 14.7. The van der Waals surface area contributed by atoms with Crippen LogP contribution in [-0.4, -0.2) is 11.2 Å². The number of hydrogen-bond acceptors (Lipinski definition) is 4. The Hall–Kier alpha value is -1.92. The SMILES string of the molecule is O=Cc1ccc(Sc2ccc(F)c(Cl)c2)c([N+](=O)[O-])c1. The quantitative estimate of drug-likeness (QED) is 0.478. The molecule has 2 aromatic rings. The van der Waals surface area contributed by atoms with E-state index in [1.54, 1.807) is 0 Å². The number of benzene rings is 2. The first kappa shape index (κ1) is 14.5. The minimum Gasteiger partial charge on any atom is -0.298 e. The van der Waals surface area contributed by atoms with Crippen LogP contribution in [0.1, 0.15) is 10.4 Å². The smallest absolute Gasteiger partial charge is 0.283 e. The van der Waals surface area contributed by atoms with E-state index in [1.165, 1.54) is 36.4 Å². The molecule has 0 aliphatic heterocycles. The highest BCUT2D eigenvalue weighted by Crippen LogP contribution is 2.36. The molecule has 0 radical (unpaired) electrons. The van der Waals surface area contributed by atoms with Crippen molar-refractivity contribution in [2.24, 2.45) is 0 Å². The number of hydrogen-bond donors (Lipinski definition) is 0. The lowest BCUT2D eigenvalue weighted by molar-refractivity contribution is -0.387. The average molecular weight is 312 g/mol. The van der Waals surface area contributed by atoms with Gasteiger partial charge in [-0.1, -0.05) is 29.4 Å². The number of carbonyl (C=O) groups excluding carboxylic acids is 1. The first-order valence-corrected chi connectivity index (χ1v) is 6.57.